The van der Waals surface area contributed by atoms with Gasteiger partial charge in [-0.3, -0.25) is 4.79 Å². The Morgan fingerprint density at radius 2 is 1.90 bits per heavy atom. The lowest BCUT2D eigenvalue weighted by atomic mass is 9.99. The maximum absolute atomic E-state index is 12.4. The smallest absolute Gasteiger partial charge is 0.167 e. The summed E-state index contributed by atoms with van der Waals surface area (Å²) in [5.41, 5.74) is 4.28. The van der Waals surface area contributed by atoms with E-state index < -0.39 is 0 Å². The number of benzene rings is 2. The highest BCUT2D eigenvalue weighted by Gasteiger charge is 2.23. The van der Waals surface area contributed by atoms with Crippen LogP contribution in [-0.2, 0) is 6.42 Å². The van der Waals surface area contributed by atoms with E-state index >= 15 is 0 Å². The van der Waals surface area contributed by atoms with Crippen molar-refractivity contribution in [2.45, 2.75) is 39.2 Å². The molecule has 0 atom stereocenters. The number of hydrogen-bond acceptors (Lipinski definition) is 2. The number of carbonyl (C=O) groups is 1. The summed E-state index contributed by atoms with van der Waals surface area (Å²) in [6.07, 6.45) is 3.05. The number of aryl methyl sites for hydroxylation is 2. The Balaban J connectivity index is 1.73. The van der Waals surface area contributed by atoms with Gasteiger partial charge in [-0.05, 0) is 55.5 Å². The Kier molecular flexibility index (Phi) is 3.78. The van der Waals surface area contributed by atoms with Crippen LogP contribution in [0, 0.1) is 13.8 Å². The van der Waals surface area contributed by atoms with E-state index in [2.05, 4.69) is 26.0 Å². The highest BCUT2D eigenvalue weighted by atomic mass is 16.5. The molecule has 2 aromatic carbocycles. The minimum absolute atomic E-state index is 0.138. The van der Waals surface area contributed by atoms with Crippen LogP contribution >= 0.6 is 0 Å². The van der Waals surface area contributed by atoms with Crippen molar-refractivity contribution in [1.82, 2.24) is 0 Å². The van der Waals surface area contributed by atoms with Crippen LogP contribution in [0.5, 0.6) is 5.75 Å². The van der Waals surface area contributed by atoms with E-state index in [0.717, 1.165) is 29.7 Å². The molecule has 0 unspecified atom stereocenters. The topological polar surface area (TPSA) is 26.3 Å². The first-order chi connectivity index (χ1) is 10.1. The predicted octanol–water partition coefficient (Wildman–Crippen LogP) is 4.27. The first-order valence-corrected chi connectivity index (χ1v) is 7.48. The zero-order valence-corrected chi connectivity index (χ0v) is 12.6. The summed E-state index contributed by atoms with van der Waals surface area (Å²) in [4.78, 5) is 12.4. The molecule has 1 aliphatic carbocycles. The number of ketones is 1. The number of Topliss-reactive ketones (excluding diaryl/α,β-unsaturated/α-hetero) is 1. The molecule has 2 nitrogen and oxygen atoms in total. The second-order valence-electron chi connectivity index (χ2n) is 5.86. The van der Waals surface area contributed by atoms with Crippen LogP contribution < -0.4 is 4.74 Å². The van der Waals surface area contributed by atoms with Gasteiger partial charge in [-0.15, -0.1) is 0 Å². The molecule has 0 aliphatic heterocycles. The van der Waals surface area contributed by atoms with Gasteiger partial charge in [0.05, 0.1) is 6.10 Å². The van der Waals surface area contributed by atoms with Gasteiger partial charge in [0.15, 0.2) is 5.78 Å². The van der Waals surface area contributed by atoms with Crippen LogP contribution in [0.15, 0.2) is 42.5 Å². The van der Waals surface area contributed by atoms with Crippen molar-refractivity contribution in [3.05, 3.63) is 64.7 Å². The summed E-state index contributed by atoms with van der Waals surface area (Å²) < 4.78 is 5.75. The second-order valence-corrected chi connectivity index (χ2v) is 5.86. The van der Waals surface area contributed by atoms with Gasteiger partial charge in [0.25, 0.3) is 0 Å². The van der Waals surface area contributed by atoms with Gasteiger partial charge >= 0.3 is 0 Å². The second kappa shape index (κ2) is 5.72. The Hall–Kier alpha value is -2.09. The molecule has 2 heteroatoms. The van der Waals surface area contributed by atoms with Crippen molar-refractivity contribution >= 4 is 5.78 Å². The highest BCUT2D eigenvalue weighted by Crippen LogP contribution is 2.27. The average molecular weight is 280 g/mol. The van der Waals surface area contributed by atoms with Crippen LogP contribution in [0.2, 0.25) is 0 Å². The molecule has 0 radical (unpaired) electrons. The third-order valence-corrected chi connectivity index (χ3v) is 3.92. The van der Waals surface area contributed by atoms with Crippen molar-refractivity contribution < 1.29 is 9.53 Å². The fourth-order valence-electron chi connectivity index (χ4n) is 2.32. The van der Waals surface area contributed by atoms with Gasteiger partial charge in [-0.2, -0.15) is 0 Å². The number of carbonyl (C=O) groups excluding carboxylic acids is 1. The monoisotopic (exact) mass is 280 g/mol. The van der Waals surface area contributed by atoms with E-state index in [1.165, 1.54) is 11.1 Å². The van der Waals surface area contributed by atoms with E-state index in [1.807, 2.05) is 30.3 Å². The van der Waals surface area contributed by atoms with Gasteiger partial charge in [-0.25, -0.2) is 0 Å². The van der Waals surface area contributed by atoms with Gasteiger partial charge in [0.1, 0.15) is 5.75 Å². The molecule has 0 spiro atoms. The van der Waals surface area contributed by atoms with Gasteiger partial charge in [0.2, 0.25) is 0 Å². The molecule has 21 heavy (non-hydrogen) atoms. The highest BCUT2D eigenvalue weighted by molar-refractivity contribution is 5.97. The first-order valence-electron chi connectivity index (χ1n) is 7.48. The van der Waals surface area contributed by atoms with E-state index in [0.29, 0.717) is 12.5 Å². The zero-order chi connectivity index (χ0) is 14.8. The Labute approximate surface area is 125 Å². The van der Waals surface area contributed by atoms with E-state index in [9.17, 15) is 4.79 Å². The molecule has 108 valence electrons. The number of ether oxygens (including phenoxy) is 1. The maximum Gasteiger partial charge on any atom is 0.167 e. The third-order valence-electron chi connectivity index (χ3n) is 3.92. The summed E-state index contributed by atoms with van der Waals surface area (Å²) in [6.45, 7) is 4.16. The van der Waals surface area contributed by atoms with Crippen molar-refractivity contribution in [1.29, 1.82) is 0 Å². The van der Waals surface area contributed by atoms with Gasteiger partial charge in [-0.1, -0.05) is 30.3 Å². The van der Waals surface area contributed by atoms with Crippen molar-refractivity contribution in [3.63, 3.8) is 0 Å². The lowest BCUT2D eigenvalue weighted by Crippen LogP contribution is -2.05. The Morgan fingerprint density at radius 1 is 1.10 bits per heavy atom. The van der Waals surface area contributed by atoms with E-state index in [1.54, 1.807) is 0 Å². The SMILES string of the molecule is Cc1ccc(CC(=O)c2cccc(OC3CC3)c2)cc1C. The van der Waals surface area contributed by atoms with Gasteiger partial charge < -0.3 is 4.74 Å². The average Bonchev–Trinajstić information content (AvgIpc) is 3.27. The molecule has 0 bridgehead atoms. The summed E-state index contributed by atoms with van der Waals surface area (Å²) >= 11 is 0. The van der Waals surface area contributed by atoms with Crippen LogP contribution in [0.25, 0.3) is 0 Å². The lowest BCUT2D eigenvalue weighted by Gasteiger charge is -2.07. The normalized spacial score (nSPS) is 14.0. The van der Waals surface area contributed by atoms with Crippen molar-refractivity contribution in [2.24, 2.45) is 0 Å². The fourth-order valence-corrected chi connectivity index (χ4v) is 2.32. The first kappa shape index (κ1) is 13.9. The molecule has 3 rings (SSSR count). The fraction of sp³-hybridized carbons (Fsp3) is 0.316. The van der Waals surface area contributed by atoms with Gasteiger partial charge in [0, 0.05) is 12.0 Å². The zero-order valence-electron chi connectivity index (χ0n) is 12.6. The molecule has 0 heterocycles. The third kappa shape index (κ3) is 3.52. The summed E-state index contributed by atoms with van der Waals surface area (Å²) in [7, 11) is 0. The molecule has 0 N–H and O–H groups in total. The Morgan fingerprint density at radius 3 is 2.62 bits per heavy atom. The van der Waals surface area contributed by atoms with Crippen molar-refractivity contribution in [2.75, 3.05) is 0 Å². The summed E-state index contributed by atoms with van der Waals surface area (Å²) in [5.74, 6) is 0.947. The molecular weight excluding hydrogens is 260 g/mol. The van der Waals surface area contributed by atoms with Crippen LogP contribution in [-0.4, -0.2) is 11.9 Å². The number of hydrogen-bond donors (Lipinski definition) is 0. The molecule has 0 amide bonds. The summed E-state index contributed by atoms with van der Waals surface area (Å²) in [5, 5.41) is 0. The molecule has 0 saturated heterocycles. The van der Waals surface area contributed by atoms with E-state index in [-0.39, 0.29) is 5.78 Å². The van der Waals surface area contributed by atoms with Crippen molar-refractivity contribution in [3.8, 4) is 5.75 Å². The minimum atomic E-state index is 0.138. The predicted molar refractivity (Wildman–Crippen MR) is 84.0 cm³/mol. The molecule has 2 aromatic rings. The van der Waals surface area contributed by atoms with Crippen LogP contribution in [0.3, 0.4) is 0 Å². The van der Waals surface area contributed by atoms with E-state index in [4.69, 9.17) is 4.74 Å². The Bertz CT molecular complexity index is 669. The molecular formula is C19H20O2. The molecule has 1 saturated carbocycles. The summed E-state index contributed by atoms with van der Waals surface area (Å²) in [6, 6.07) is 13.7. The maximum atomic E-state index is 12.4. The lowest BCUT2D eigenvalue weighted by molar-refractivity contribution is 0.0992. The molecule has 1 fully saturated rings. The largest absolute Gasteiger partial charge is 0.490 e. The number of rotatable bonds is 5. The minimum Gasteiger partial charge on any atom is -0.490 e. The standard InChI is InChI=1S/C19H20O2/c1-13-6-7-15(10-14(13)2)11-19(20)16-4-3-5-18(12-16)21-17-8-9-17/h3-7,10,12,17H,8-9,11H2,1-2H3. The van der Waals surface area contributed by atoms with Crippen LogP contribution in [0.4, 0.5) is 0 Å². The van der Waals surface area contributed by atoms with Crippen LogP contribution in [0.1, 0.15) is 39.9 Å². The quantitative estimate of drug-likeness (QED) is 0.764. The molecule has 1 aliphatic rings. The molecule has 0 aromatic heterocycles.